The van der Waals surface area contributed by atoms with Gasteiger partial charge in [0.15, 0.2) is 0 Å². The van der Waals surface area contributed by atoms with E-state index in [4.69, 9.17) is 5.11 Å². The first-order valence-electron chi connectivity index (χ1n) is 4.73. The molecule has 0 radical (unpaired) electrons. The van der Waals surface area contributed by atoms with Gasteiger partial charge in [-0.25, -0.2) is 4.79 Å². The van der Waals surface area contributed by atoms with Crippen LogP contribution in [0.4, 0.5) is 4.79 Å². The monoisotopic (exact) mass is 223 g/mol. The van der Waals surface area contributed by atoms with Crippen LogP contribution in [-0.2, 0) is 11.3 Å². The van der Waals surface area contributed by atoms with Gasteiger partial charge in [-0.3, -0.25) is 9.78 Å². The van der Waals surface area contributed by atoms with E-state index in [-0.39, 0.29) is 6.54 Å². The molecule has 0 fully saturated rings. The topological polar surface area (TPSA) is 91.3 Å². The summed E-state index contributed by atoms with van der Waals surface area (Å²) in [7, 11) is 0. The number of carbonyl (C=O) groups is 2. The quantitative estimate of drug-likeness (QED) is 0.683. The maximum Gasteiger partial charge on any atom is 0.323 e. The van der Waals surface area contributed by atoms with Crippen LogP contribution in [0.15, 0.2) is 18.3 Å². The second-order valence-corrected chi connectivity index (χ2v) is 3.20. The number of hydrogen-bond donors (Lipinski definition) is 3. The van der Waals surface area contributed by atoms with Gasteiger partial charge in [0.05, 0.1) is 12.2 Å². The summed E-state index contributed by atoms with van der Waals surface area (Å²) < 4.78 is 0. The standard InChI is InChI=1S/C10H13N3O3/c1-7-3-2-4-11-8(7)5-12-10(16)13-6-9(14)15/h2-4H,5-6H2,1H3,(H,14,15)(H2,12,13,16). The minimum absolute atomic E-state index is 0.276. The van der Waals surface area contributed by atoms with Crippen LogP contribution in [0.2, 0.25) is 0 Å². The number of amides is 2. The number of carbonyl (C=O) groups excluding carboxylic acids is 1. The number of nitrogens with one attached hydrogen (secondary N) is 2. The molecule has 3 N–H and O–H groups in total. The SMILES string of the molecule is Cc1cccnc1CNC(=O)NCC(=O)O. The van der Waals surface area contributed by atoms with Crippen LogP contribution >= 0.6 is 0 Å². The molecule has 0 aromatic carbocycles. The van der Waals surface area contributed by atoms with Crippen LogP contribution in [0.3, 0.4) is 0 Å². The second kappa shape index (κ2) is 5.69. The molecular weight excluding hydrogens is 210 g/mol. The first-order chi connectivity index (χ1) is 7.59. The van der Waals surface area contributed by atoms with Crippen molar-refractivity contribution in [1.29, 1.82) is 0 Å². The van der Waals surface area contributed by atoms with Crippen LogP contribution in [0, 0.1) is 6.92 Å². The van der Waals surface area contributed by atoms with E-state index in [1.807, 2.05) is 19.1 Å². The minimum atomic E-state index is -1.08. The van der Waals surface area contributed by atoms with Crippen LogP contribution in [0.1, 0.15) is 11.3 Å². The fraction of sp³-hybridized carbons (Fsp3) is 0.300. The zero-order chi connectivity index (χ0) is 12.0. The van der Waals surface area contributed by atoms with E-state index < -0.39 is 18.5 Å². The molecule has 0 saturated carbocycles. The highest BCUT2D eigenvalue weighted by atomic mass is 16.4. The average Bonchev–Trinajstić information content (AvgIpc) is 2.25. The minimum Gasteiger partial charge on any atom is -0.480 e. The molecule has 0 spiro atoms. The van der Waals surface area contributed by atoms with E-state index in [2.05, 4.69) is 15.6 Å². The van der Waals surface area contributed by atoms with Crippen molar-refractivity contribution in [2.24, 2.45) is 0 Å². The molecule has 0 aliphatic rings. The Morgan fingerprint density at radius 2 is 2.19 bits per heavy atom. The average molecular weight is 223 g/mol. The normalized spacial score (nSPS) is 9.56. The first kappa shape index (κ1) is 12.0. The van der Waals surface area contributed by atoms with Gasteiger partial charge in [-0.1, -0.05) is 6.07 Å². The molecule has 1 rings (SSSR count). The lowest BCUT2D eigenvalue weighted by molar-refractivity contribution is -0.135. The van der Waals surface area contributed by atoms with Gasteiger partial charge in [0.2, 0.25) is 0 Å². The Morgan fingerprint density at radius 3 is 2.81 bits per heavy atom. The molecule has 1 aromatic heterocycles. The van der Waals surface area contributed by atoms with Crippen molar-refractivity contribution in [1.82, 2.24) is 15.6 Å². The van der Waals surface area contributed by atoms with Gasteiger partial charge >= 0.3 is 12.0 Å². The molecule has 0 bridgehead atoms. The van der Waals surface area contributed by atoms with E-state index in [9.17, 15) is 9.59 Å². The summed E-state index contributed by atoms with van der Waals surface area (Å²) >= 11 is 0. The third kappa shape index (κ3) is 3.95. The molecule has 0 atom stereocenters. The van der Waals surface area contributed by atoms with Crippen LogP contribution in [-0.4, -0.2) is 28.6 Å². The molecule has 86 valence electrons. The molecule has 16 heavy (non-hydrogen) atoms. The number of pyridine rings is 1. The summed E-state index contributed by atoms with van der Waals surface area (Å²) in [5, 5.41) is 13.1. The Kier molecular flexibility index (Phi) is 4.26. The van der Waals surface area contributed by atoms with Crippen molar-refractivity contribution in [3.8, 4) is 0 Å². The summed E-state index contributed by atoms with van der Waals surface area (Å²) in [4.78, 5) is 25.4. The molecule has 1 aromatic rings. The second-order valence-electron chi connectivity index (χ2n) is 3.20. The number of aryl methyl sites for hydroxylation is 1. The number of aliphatic carboxylic acids is 1. The molecule has 2 amide bonds. The van der Waals surface area contributed by atoms with Gasteiger partial charge < -0.3 is 15.7 Å². The van der Waals surface area contributed by atoms with Gasteiger partial charge in [-0.2, -0.15) is 0 Å². The zero-order valence-electron chi connectivity index (χ0n) is 8.86. The smallest absolute Gasteiger partial charge is 0.323 e. The number of hydrogen-bond acceptors (Lipinski definition) is 3. The number of carboxylic acids is 1. The highest BCUT2D eigenvalue weighted by molar-refractivity contribution is 5.79. The van der Waals surface area contributed by atoms with Crippen LogP contribution < -0.4 is 10.6 Å². The predicted octanol–water partition coefficient (Wildman–Crippen LogP) is 0.274. The third-order valence-corrected chi connectivity index (χ3v) is 1.93. The van der Waals surface area contributed by atoms with Gasteiger partial charge in [0, 0.05) is 6.20 Å². The van der Waals surface area contributed by atoms with Crippen molar-refractivity contribution in [3.63, 3.8) is 0 Å². The first-order valence-corrected chi connectivity index (χ1v) is 4.73. The summed E-state index contributed by atoms with van der Waals surface area (Å²) in [5.41, 5.74) is 1.73. The molecule has 0 unspecified atom stereocenters. The van der Waals surface area contributed by atoms with Crippen molar-refractivity contribution < 1.29 is 14.7 Å². The van der Waals surface area contributed by atoms with Gasteiger partial charge in [0.25, 0.3) is 0 Å². The van der Waals surface area contributed by atoms with Crippen LogP contribution in [0.25, 0.3) is 0 Å². The Hall–Kier alpha value is -2.11. The number of nitrogens with zero attached hydrogens (tertiary/aromatic N) is 1. The number of rotatable bonds is 4. The Balaban J connectivity index is 2.37. The molecule has 6 heteroatoms. The predicted molar refractivity (Wildman–Crippen MR) is 56.8 cm³/mol. The van der Waals surface area contributed by atoms with E-state index in [1.165, 1.54) is 0 Å². The van der Waals surface area contributed by atoms with Crippen molar-refractivity contribution >= 4 is 12.0 Å². The summed E-state index contributed by atoms with van der Waals surface area (Å²) in [6, 6.07) is 3.18. The largest absolute Gasteiger partial charge is 0.480 e. The fourth-order valence-electron chi connectivity index (χ4n) is 1.09. The molecule has 0 aliphatic heterocycles. The van der Waals surface area contributed by atoms with E-state index in [0.717, 1.165) is 11.3 Å². The van der Waals surface area contributed by atoms with E-state index >= 15 is 0 Å². The maximum atomic E-state index is 11.1. The summed E-state index contributed by atoms with van der Waals surface area (Å²) in [6.45, 7) is 1.77. The molecular formula is C10H13N3O3. The van der Waals surface area contributed by atoms with Crippen molar-refractivity contribution in [2.45, 2.75) is 13.5 Å². The van der Waals surface area contributed by atoms with Crippen molar-refractivity contribution in [2.75, 3.05) is 6.54 Å². The number of aromatic nitrogens is 1. The summed E-state index contributed by atoms with van der Waals surface area (Å²) in [5.74, 6) is -1.08. The van der Waals surface area contributed by atoms with Crippen molar-refractivity contribution in [3.05, 3.63) is 29.6 Å². The highest BCUT2D eigenvalue weighted by Crippen LogP contribution is 2.01. The molecule has 6 nitrogen and oxygen atoms in total. The van der Waals surface area contributed by atoms with E-state index in [0.29, 0.717) is 0 Å². The van der Waals surface area contributed by atoms with Gasteiger partial charge in [-0.15, -0.1) is 0 Å². The maximum absolute atomic E-state index is 11.1. The Bertz CT molecular complexity index is 393. The van der Waals surface area contributed by atoms with E-state index in [1.54, 1.807) is 6.20 Å². The fourth-order valence-corrected chi connectivity index (χ4v) is 1.09. The summed E-state index contributed by atoms with van der Waals surface area (Å²) in [6.07, 6.45) is 1.64. The van der Waals surface area contributed by atoms with Gasteiger partial charge in [-0.05, 0) is 18.6 Å². The Morgan fingerprint density at radius 1 is 1.44 bits per heavy atom. The molecule has 0 saturated heterocycles. The Labute approximate surface area is 92.7 Å². The van der Waals surface area contributed by atoms with Crippen LogP contribution in [0.5, 0.6) is 0 Å². The number of carboxylic acid groups (broad SMARTS) is 1. The van der Waals surface area contributed by atoms with Gasteiger partial charge in [0.1, 0.15) is 6.54 Å². The lowest BCUT2D eigenvalue weighted by Gasteiger charge is -2.07. The highest BCUT2D eigenvalue weighted by Gasteiger charge is 2.04. The zero-order valence-corrected chi connectivity index (χ0v) is 8.86. The number of urea groups is 1. The molecule has 1 heterocycles. The molecule has 0 aliphatic carbocycles. The third-order valence-electron chi connectivity index (χ3n) is 1.93. The lowest BCUT2D eigenvalue weighted by atomic mass is 10.2. The lowest BCUT2D eigenvalue weighted by Crippen LogP contribution is -2.38.